The zero-order valence-corrected chi connectivity index (χ0v) is 31.9. The number of amides is 5. The van der Waals surface area contributed by atoms with Gasteiger partial charge in [0.2, 0.25) is 21.8 Å². The Bertz CT molecular complexity index is 1880. The summed E-state index contributed by atoms with van der Waals surface area (Å²) in [4.78, 5) is 69.5. The van der Waals surface area contributed by atoms with Gasteiger partial charge in [-0.2, -0.15) is 5.10 Å². The third-order valence-electron chi connectivity index (χ3n) is 9.29. The van der Waals surface area contributed by atoms with Crippen LogP contribution < -0.4 is 20.7 Å². The zero-order chi connectivity index (χ0) is 39.1. The number of anilines is 1. The van der Waals surface area contributed by atoms with Gasteiger partial charge in [-0.15, -0.1) is 6.58 Å². The van der Waals surface area contributed by atoms with E-state index in [2.05, 4.69) is 32.4 Å². The summed E-state index contributed by atoms with van der Waals surface area (Å²) >= 11 is 0. The second kappa shape index (κ2) is 14.5. The molecule has 2 aliphatic carbocycles. The topological polar surface area (TPSA) is 207 Å². The first kappa shape index (κ1) is 39.3. The number of aryl methyl sites for hydroxylation is 1. The van der Waals surface area contributed by atoms with Crippen molar-refractivity contribution in [1.82, 2.24) is 30.0 Å². The first-order valence-electron chi connectivity index (χ1n) is 17.5. The SMILES string of the molecule is C=CC1CC1(NC(=O)C1CC(OC(=O)Nc2cc(C)ccc2-n2cccn2)CN1C(=O)C(NC(=O)OC(C)(C)C)C(C)(C)C)C(=O)NS(=O)(=O)C1CC1. The minimum absolute atomic E-state index is 0.0944. The highest BCUT2D eigenvalue weighted by Crippen LogP contribution is 2.45. The number of likely N-dealkylation sites (tertiary alicyclic amines) is 1. The van der Waals surface area contributed by atoms with Crippen LogP contribution >= 0.6 is 0 Å². The van der Waals surface area contributed by atoms with Crippen molar-refractivity contribution in [1.29, 1.82) is 0 Å². The Morgan fingerprint density at radius 2 is 1.77 bits per heavy atom. The lowest BCUT2D eigenvalue weighted by Crippen LogP contribution is -2.60. The minimum atomic E-state index is -3.93. The average molecular weight is 756 g/mol. The summed E-state index contributed by atoms with van der Waals surface area (Å²) in [5.41, 5.74) is -1.50. The van der Waals surface area contributed by atoms with Crippen LogP contribution in [0.2, 0.25) is 0 Å². The second-order valence-corrected chi connectivity index (χ2v) is 18.0. The van der Waals surface area contributed by atoms with Gasteiger partial charge in [-0.3, -0.25) is 24.4 Å². The number of carbonyl (C=O) groups is 5. The van der Waals surface area contributed by atoms with Crippen molar-refractivity contribution < 1.29 is 41.9 Å². The molecule has 16 nitrogen and oxygen atoms in total. The Labute approximate surface area is 309 Å². The Morgan fingerprint density at radius 1 is 1.08 bits per heavy atom. The molecule has 4 N–H and O–H groups in total. The van der Waals surface area contributed by atoms with E-state index < -0.39 is 85.8 Å². The van der Waals surface area contributed by atoms with E-state index in [9.17, 15) is 32.4 Å². The standard InChI is InChI=1S/C36H49N7O9S/c1-9-22-19-36(22,31(46)41-53(49,50)24-12-13-24)40-29(44)27-18-23(20-42(27)30(45)28(34(3,4)5)39-33(48)52-35(6,7)8)51-32(47)38-25-17-21(2)11-14-26(25)43-16-10-15-37-43/h9-11,14-17,22-24,27-28H,1,12-13,18-20H2,2-8H3,(H,38,47)(H,39,48)(H,40,44)(H,41,46). The Morgan fingerprint density at radius 3 is 2.34 bits per heavy atom. The summed E-state index contributed by atoms with van der Waals surface area (Å²) in [6.07, 6.45) is 2.88. The van der Waals surface area contributed by atoms with Gasteiger partial charge < -0.3 is 25.0 Å². The van der Waals surface area contributed by atoms with Gasteiger partial charge in [0.1, 0.15) is 29.3 Å². The maximum absolute atomic E-state index is 14.4. The number of rotatable bonds is 11. The Kier molecular flexibility index (Phi) is 10.7. The fourth-order valence-corrected chi connectivity index (χ4v) is 7.65. The largest absolute Gasteiger partial charge is 0.444 e. The van der Waals surface area contributed by atoms with Crippen molar-refractivity contribution in [2.24, 2.45) is 11.3 Å². The van der Waals surface area contributed by atoms with Crippen molar-refractivity contribution >= 4 is 45.6 Å². The fraction of sp³-hybridized carbons (Fsp3) is 0.556. The summed E-state index contributed by atoms with van der Waals surface area (Å²) in [7, 11) is -3.93. The quantitative estimate of drug-likeness (QED) is 0.246. The number of hydrogen-bond donors (Lipinski definition) is 4. The maximum Gasteiger partial charge on any atom is 0.412 e. The lowest BCUT2D eigenvalue weighted by molar-refractivity contribution is -0.143. The highest BCUT2D eigenvalue weighted by molar-refractivity contribution is 7.91. The van der Waals surface area contributed by atoms with Crippen LogP contribution in [0.3, 0.4) is 0 Å². The van der Waals surface area contributed by atoms with Crippen molar-refractivity contribution in [3.05, 3.63) is 54.9 Å². The number of hydrogen-bond acceptors (Lipinski definition) is 10. The number of sulfonamides is 1. The van der Waals surface area contributed by atoms with E-state index in [-0.39, 0.29) is 19.4 Å². The molecule has 288 valence electrons. The first-order valence-corrected chi connectivity index (χ1v) is 19.1. The second-order valence-electron chi connectivity index (χ2n) is 16.0. The van der Waals surface area contributed by atoms with Crippen molar-refractivity contribution in [2.45, 2.75) is 109 Å². The van der Waals surface area contributed by atoms with Crippen molar-refractivity contribution in [3.8, 4) is 5.69 Å². The highest BCUT2D eigenvalue weighted by Gasteiger charge is 2.62. The van der Waals surface area contributed by atoms with Gasteiger partial charge in [-0.05, 0) is 76.1 Å². The molecule has 1 aliphatic heterocycles. The van der Waals surface area contributed by atoms with Gasteiger partial charge in [0.05, 0.1) is 23.2 Å². The van der Waals surface area contributed by atoms with Crippen LogP contribution in [0.5, 0.6) is 0 Å². The van der Waals surface area contributed by atoms with E-state index in [1.165, 1.54) is 11.0 Å². The number of nitrogens with zero attached hydrogens (tertiary/aromatic N) is 3. The van der Waals surface area contributed by atoms with Gasteiger partial charge in [0.25, 0.3) is 5.91 Å². The molecule has 0 bridgehead atoms. The summed E-state index contributed by atoms with van der Waals surface area (Å²) in [5, 5.41) is 11.7. The van der Waals surface area contributed by atoms with Gasteiger partial charge in [-0.1, -0.05) is 32.9 Å². The van der Waals surface area contributed by atoms with E-state index in [0.29, 0.717) is 24.2 Å². The molecule has 0 radical (unpaired) electrons. The van der Waals surface area contributed by atoms with Crippen molar-refractivity contribution in [2.75, 3.05) is 11.9 Å². The molecule has 1 aromatic heterocycles. The van der Waals surface area contributed by atoms with E-state index in [1.807, 2.05) is 13.0 Å². The number of nitrogens with one attached hydrogen (secondary N) is 4. The molecule has 17 heteroatoms. The number of benzene rings is 1. The van der Waals surface area contributed by atoms with Gasteiger partial charge in [0.15, 0.2) is 0 Å². The molecule has 5 unspecified atom stereocenters. The molecular weight excluding hydrogens is 707 g/mol. The molecule has 0 spiro atoms. The van der Waals surface area contributed by atoms with E-state index >= 15 is 0 Å². The monoisotopic (exact) mass is 755 g/mol. The van der Waals surface area contributed by atoms with Gasteiger partial charge >= 0.3 is 12.2 Å². The number of aromatic nitrogens is 2. The van der Waals surface area contributed by atoms with Gasteiger partial charge in [-0.25, -0.2) is 22.7 Å². The van der Waals surface area contributed by atoms with E-state index in [0.717, 1.165) is 5.56 Å². The predicted molar refractivity (Wildman–Crippen MR) is 194 cm³/mol. The Hall–Kier alpha value is -4.93. The molecule has 3 fully saturated rings. The molecule has 2 saturated carbocycles. The Balaban J connectivity index is 1.40. The fourth-order valence-electron chi connectivity index (χ4n) is 6.29. The molecular formula is C36H49N7O9S. The smallest absolute Gasteiger partial charge is 0.412 e. The van der Waals surface area contributed by atoms with Crippen LogP contribution in [0.1, 0.15) is 72.8 Å². The van der Waals surface area contributed by atoms with Crippen LogP contribution in [0.15, 0.2) is 49.3 Å². The zero-order valence-electron chi connectivity index (χ0n) is 31.1. The van der Waals surface area contributed by atoms with Crippen LogP contribution in [0, 0.1) is 18.3 Å². The van der Waals surface area contributed by atoms with Crippen LogP contribution in [0.25, 0.3) is 5.69 Å². The van der Waals surface area contributed by atoms with Crippen LogP contribution in [-0.4, -0.2) is 94.1 Å². The summed E-state index contributed by atoms with van der Waals surface area (Å²) in [6, 6.07) is 4.66. The number of alkyl carbamates (subject to hydrolysis) is 1. The first-order chi connectivity index (χ1) is 24.6. The molecule has 3 aliphatic rings. The lowest BCUT2D eigenvalue weighted by atomic mass is 9.85. The number of ether oxygens (including phenoxy) is 2. The summed E-state index contributed by atoms with van der Waals surface area (Å²) in [5.74, 6) is -2.88. The average Bonchev–Trinajstić information content (AvgIpc) is 3.91. The van der Waals surface area contributed by atoms with Crippen LogP contribution in [-0.2, 0) is 33.9 Å². The molecule has 5 atom stereocenters. The predicted octanol–water partition coefficient (Wildman–Crippen LogP) is 3.31. The van der Waals surface area contributed by atoms with Crippen LogP contribution in [0.4, 0.5) is 15.3 Å². The minimum Gasteiger partial charge on any atom is -0.444 e. The highest BCUT2D eigenvalue weighted by atomic mass is 32.2. The molecule has 1 saturated heterocycles. The molecule has 2 heterocycles. The van der Waals surface area contributed by atoms with Gasteiger partial charge in [0, 0.05) is 24.7 Å². The number of carbonyl (C=O) groups excluding carboxylic acids is 5. The normalized spacial score (nSPS) is 23.3. The van der Waals surface area contributed by atoms with E-state index in [4.69, 9.17) is 9.47 Å². The molecule has 5 amide bonds. The summed E-state index contributed by atoms with van der Waals surface area (Å²) in [6.45, 7) is 15.6. The molecule has 1 aromatic carbocycles. The summed E-state index contributed by atoms with van der Waals surface area (Å²) < 4.78 is 40.2. The van der Waals surface area contributed by atoms with Crippen molar-refractivity contribution in [3.63, 3.8) is 0 Å². The lowest BCUT2D eigenvalue weighted by Gasteiger charge is -2.36. The molecule has 2 aromatic rings. The molecule has 53 heavy (non-hydrogen) atoms. The third kappa shape index (κ3) is 9.18. The maximum atomic E-state index is 14.4. The molecule has 5 rings (SSSR count). The third-order valence-corrected chi connectivity index (χ3v) is 11.1. The van der Waals surface area contributed by atoms with E-state index in [1.54, 1.807) is 76.8 Å².